The van der Waals surface area contributed by atoms with Crippen molar-refractivity contribution in [2.75, 3.05) is 0 Å². The van der Waals surface area contributed by atoms with Crippen LogP contribution in [0.2, 0.25) is 0 Å². The van der Waals surface area contributed by atoms with Gasteiger partial charge in [0.2, 0.25) is 0 Å². The Labute approximate surface area is 129 Å². The van der Waals surface area contributed by atoms with Gasteiger partial charge in [-0.15, -0.1) is 0 Å². The predicted molar refractivity (Wildman–Crippen MR) is 82.6 cm³/mol. The van der Waals surface area contributed by atoms with Crippen LogP contribution in [0.25, 0.3) is 0 Å². The summed E-state index contributed by atoms with van der Waals surface area (Å²) in [5.74, 6) is 0.144. The summed E-state index contributed by atoms with van der Waals surface area (Å²) < 4.78 is 30.0. The van der Waals surface area contributed by atoms with E-state index in [-0.39, 0.29) is 22.3 Å². The molecule has 5 heteroatoms. The van der Waals surface area contributed by atoms with Gasteiger partial charge in [-0.2, -0.15) is 8.42 Å². The van der Waals surface area contributed by atoms with E-state index < -0.39 is 10.1 Å². The van der Waals surface area contributed by atoms with Crippen LogP contribution in [0.1, 0.15) is 28.4 Å². The van der Waals surface area contributed by atoms with Gasteiger partial charge in [-0.3, -0.25) is 4.79 Å². The Morgan fingerprint density at radius 3 is 2.45 bits per heavy atom. The molecule has 0 spiro atoms. The third-order valence-corrected chi connectivity index (χ3v) is 5.11. The zero-order valence-electron chi connectivity index (χ0n) is 12.4. The van der Waals surface area contributed by atoms with Crippen LogP contribution in [0.4, 0.5) is 0 Å². The first-order chi connectivity index (χ1) is 10.4. The van der Waals surface area contributed by atoms with E-state index in [1.54, 1.807) is 30.3 Å². The Balaban J connectivity index is 1.98. The maximum absolute atomic E-state index is 12.4. The van der Waals surface area contributed by atoms with Gasteiger partial charge in [0.05, 0.1) is 0 Å². The number of hydrogen-bond donors (Lipinski definition) is 0. The summed E-state index contributed by atoms with van der Waals surface area (Å²) in [6.07, 6.45) is 0.508. The molecule has 0 saturated heterocycles. The van der Waals surface area contributed by atoms with Gasteiger partial charge in [0.25, 0.3) is 0 Å². The Hall–Kier alpha value is -2.14. The van der Waals surface area contributed by atoms with Crippen molar-refractivity contribution in [3.63, 3.8) is 0 Å². The molecule has 4 nitrogen and oxygen atoms in total. The van der Waals surface area contributed by atoms with Crippen LogP contribution < -0.4 is 4.18 Å². The highest BCUT2D eigenvalue weighted by atomic mass is 32.2. The van der Waals surface area contributed by atoms with Crippen LogP contribution in [-0.4, -0.2) is 14.2 Å². The smallest absolute Gasteiger partial charge is 0.339 e. The SMILES string of the molecule is Cc1ccc(S(=O)(=O)Oc2cccc3c2CC(C)C3=O)cc1. The Bertz CT molecular complexity index is 835. The van der Waals surface area contributed by atoms with Crippen LogP contribution in [0, 0.1) is 12.8 Å². The van der Waals surface area contributed by atoms with Gasteiger partial charge in [-0.05, 0) is 31.5 Å². The molecule has 0 fully saturated rings. The molecule has 1 unspecified atom stereocenters. The lowest BCUT2D eigenvalue weighted by atomic mass is 10.1. The normalized spacial score (nSPS) is 17.4. The van der Waals surface area contributed by atoms with Gasteiger partial charge in [0.1, 0.15) is 10.6 Å². The third kappa shape index (κ3) is 2.52. The van der Waals surface area contributed by atoms with Crippen molar-refractivity contribution in [2.24, 2.45) is 5.92 Å². The van der Waals surface area contributed by atoms with E-state index in [1.165, 1.54) is 12.1 Å². The number of benzene rings is 2. The van der Waals surface area contributed by atoms with Gasteiger partial charge in [-0.25, -0.2) is 0 Å². The van der Waals surface area contributed by atoms with Gasteiger partial charge < -0.3 is 4.18 Å². The summed E-state index contributed by atoms with van der Waals surface area (Å²) in [5, 5.41) is 0. The lowest BCUT2D eigenvalue weighted by molar-refractivity contribution is 0.0946. The van der Waals surface area contributed by atoms with E-state index in [2.05, 4.69) is 0 Å². The molecule has 2 aromatic carbocycles. The van der Waals surface area contributed by atoms with E-state index in [0.717, 1.165) is 5.56 Å². The van der Waals surface area contributed by atoms with E-state index in [9.17, 15) is 13.2 Å². The minimum atomic E-state index is -3.90. The van der Waals surface area contributed by atoms with Crippen LogP contribution in [0.3, 0.4) is 0 Å². The molecule has 0 N–H and O–H groups in total. The molecule has 0 saturated carbocycles. The van der Waals surface area contributed by atoms with Crippen LogP contribution in [0.15, 0.2) is 47.4 Å². The average molecular weight is 316 g/mol. The number of carbonyl (C=O) groups excluding carboxylic acids is 1. The van der Waals surface area contributed by atoms with Crippen molar-refractivity contribution < 1.29 is 17.4 Å². The number of Topliss-reactive ketones (excluding diaryl/α,β-unsaturated/α-hetero) is 1. The van der Waals surface area contributed by atoms with Crippen LogP contribution in [-0.2, 0) is 16.5 Å². The molecule has 0 aliphatic heterocycles. The zero-order chi connectivity index (χ0) is 15.9. The minimum Gasteiger partial charge on any atom is -0.379 e. The summed E-state index contributed by atoms with van der Waals surface area (Å²) in [6.45, 7) is 3.72. The Morgan fingerprint density at radius 1 is 1.09 bits per heavy atom. The van der Waals surface area contributed by atoms with Gasteiger partial charge in [-0.1, -0.05) is 36.8 Å². The molecular formula is C17H16O4S. The highest BCUT2D eigenvalue weighted by Crippen LogP contribution is 2.34. The van der Waals surface area contributed by atoms with Crippen molar-refractivity contribution in [1.82, 2.24) is 0 Å². The van der Waals surface area contributed by atoms with Crippen molar-refractivity contribution in [3.05, 3.63) is 59.2 Å². The molecule has 1 atom stereocenters. The Kier molecular flexibility index (Phi) is 3.53. The number of ketones is 1. The molecule has 0 radical (unpaired) electrons. The molecule has 1 aliphatic carbocycles. The second kappa shape index (κ2) is 5.25. The van der Waals surface area contributed by atoms with Crippen molar-refractivity contribution in [2.45, 2.75) is 25.2 Å². The minimum absolute atomic E-state index is 0.0354. The van der Waals surface area contributed by atoms with E-state index in [4.69, 9.17) is 4.18 Å². The van der Waals surface area contributed by atoms with Gasteiger partial charge in [0.15, 0.2) is 5.78 Å². The molecule has 22 heavy (non-hydrogen) atoms. The van der Waals surface area contributed by atoms with E-state index in [1.807, 2.05) is 13.8 Å². The number of aryl methyl sites for hydroxylation is 1. The third-order valence-electron chi connectivity index (χ3n) is 3.87. The molecule has 0 bridgehead atoms. The molecule has 114 valence electrons. The average Bonchev–Trinajstić information content (AvgIpc) is 2.76. The summed E-state index contributed by atoms with van der Waals surface area (Å²) >= 11 is 0. The van der Waals surface area contributed by atoms with Gasteiger partial charge in [0, 0.05) is 17.0 Å². The lowest BCUT2D eigenvalue weighted by Gasteiger charge is -2.10. The molecule has 0 aromatic heterocycles. The second-order valence-electron chi connectivity index (χ2n) is 5.60. The van der Waals surface area contributed by atoms with E-state index >= 15 is 0 Å². The van der Waals surface area contributed by atoms with Crippen LogP contribution in [0.5, 0.6) is 5.75 Å². The quantitative estimate of drug-likeness (QED) is 0.816. The summed E-state index contributed by atoms with van der Waals surface area (Å²) in [6, 6.07) is 11.4. The lowest BCUT2D eigenvalue weighted by Crippen LogP contribution is -2.11. The molecular weight excluding hydrogens is 300 g/mol. The van der Waals surface area contributed by atoms with Crippen molar-refractivity contribution >= 4 is 15.9 Å². The van der Waals surface area contributed by atoms with Gasteiger partial charge >= 0.3 is 10.1 Å². The van der Waals surface area contributed by atoms with Crippen LogP contribution >= 0.6 is 0 Å². The summed E-state index contributed by atoms with van der Waals surface area (Å²) in [7, 11) is -3.90. The number of hydrogen-bond acceptors (Lipinski definition) is 4. The topological polar surface area (TPSA) is 60.4 Å². The van der Waals surface area contributed by atoms with E-state index in [0.29, 0.717) is 17.5 Å². The number of fused-ring (bicyclic) bond motifs is 1. The molecule has 3 rings (SSSR count). The first-order valence-electron chi connectivity index (χ1n) is 7.06. The fourth-order valence-corrected chi connectivity index (χ4v) is 3.58. The maximum atomic E-state index is 12.4. The Morgan fingerprint density at radius 2 is 1.77 bits per heavy atom. The molecule has 1 aliphatic rings. The van der Waals surface area contributed by atoms with Crippen molar-refractivity contribution in [3.8, 4) is 5.75 Å². The second-order valence-corrected chi connectivity index (χ2v) is 7.15. The molecule has 0 amide bonds. The molecule has 0 heterocycles. The summed E-state index contributed by atoms with van der Waals surface area (Å²) in [4.78, 5) is 12.1. The maximum Gasteiger partial charge on any atom is 0.339 e. The number of carbonyl (C=O) groups is 1. The van der Waals surface area contributed by atoms with Crippen molar-refractivity contribution in [1.29, 1.82) is 0 Å². The summed E-state index contributed by atoms with van der Waals surface area (Å²) in [5.41, 5.74) is 2.21. The fraction of sp³-hybridized carbons (Fsp3) is 0.235. The highest BCUT2D eigenvalue weighted by Gasteiger charge is 2.31. The first-order valence-corrected chi connectivity index (χ1v) is 8.46. The largest absolute Gasteiger partial charge is 0.379 e. The molecule has 2 aromatic rings. The standard InChI is InChI=1S/C17H16O4S/c1-11-6-8-13(9-7-11)22(19,20)21-16-5-3-4-14-15(16)10-12(2)17(14)18/h3-9,12H,10H2,1-2H3. The highest BCUT2D eigenvalue weighted by molar-refractivity contribution is 7.87. The number of rotatable bonds is 3. The zero-order valence-corrected chi connectivity index (χ0v) is 13.2. The fourth-order valence-electron chi connectivity index (χ4n) is 2.62. The monoisotopic (exact) mass is 316 g/mol. The predicted octanol–water partition coefficient (Wildman–Crippen LogP) is 3.14. The first kappa shape index (κ1) is 14.8.